The normalized spacial score (nSPS) is 15.9. The van der Waals surface area contributed by atoms with Gasteiger partial charge in [-0.05, 0) is 30.3 Å². The van der Waals surface area contributed by atoms with E-state index in [4.69, 9.17) is 0 Å². The molecule has 2 aromatic rings. The Morgan fingerprint density at radius 1 is 1.38 bits per heavy atom. The van der Waals surface area contributed by atoms with Gasteiger partial charge in [-0.3, -0.25) is 0 Å². The summed E-state index contributed by atoms with van der Waals surface area (Å²) in [4.78, 5) is 1.07. The molecular formula is C10H13N5S. The lowest BCUT2D eigenvalue weighted by Crippen LogP contribution is -1.98. The first-order chi connectivity index (χ1) is 7.77. The van der Waals surface area contributed by atoms with Crippen molar-refractivity contribution < 1.29 is 0 Å². The molecule has 1 aliphatic rings. The quantitative estimate of drug-likeness (QED) is 0.818. The van der Waals surface area contributed by atoms with Gasteiger partial charge in [0.15, 0.2) is 5.82 Å². The summed E-state index contributed by atoms with van der Waals surface area (Å²) in [6.45, 7) is 4.25. The average Bonchev–Trinajstić information content (AvgIpc) is 2.82. The van der Waals surface area contributed by atoms with Crippen LogP contribution in [0.15, 0.2) is 6.33 Å². The van der Waals surface area contributed by atoms with Crippen LogP contribution in [-0.2, 0) is 0 Å². The smallest absolute Gasteiger partial charge is 0.177 e. The van der Waals surface area contributed by atoms with Gasteiger partial charge in [0.25, 0.3) is 0 Å². The first kappa shape index (κ1) is 9.89. The molecule has 0 unspecified atom stereocenters. The topological polar surface area (TPSA) is 56.5 Å². The summed E-state index contributed by atoms with van der Waals surface area (Å²) in [6, 6.07) is 0.590. The summed E-state index contributed by atoms with van der Waals surface area (Å²) < 4.78 is 6.18. The van der Waals surface area contributed by atoms with Crippen molar-refractivity contribution in [1.29, 1.82) is 0 Å². The minimum Gasteiger partial charge on any atom is -0.310 e. The Kier molecular flexibility index (Phi) is 2.24. The summed E-state index contributed by atoms with van der Waals surface area (Å²) in [7, 11) is 0. The number of hydrogen-bond acceptors (Lipinski definition) is 5. The standard InChI is InChI=1S/C10H13N5S/c1-6(2)8-9(16-14-12-8)10-13-11-5-15(10)7-3-4-7/h5-7H,3-4H2,1-2H3. The van der Waals surface area contributed by atoms with Crippen molar-refractivity contribution in [2.75, 3.05) is 0 Å². The molecule has 0 N–H and O–H groups in total. The van der Waals surface area contributed by atoms with E-state index in [1.165, 1.54) is 24.4 Å². The number of rotatable bonds is 3. The predicted octanol–water partition coefficient (Wildman–Crippen LogP) is 2.25. The fourth-order valence-corrected chi connectivity index (χ4v) is 2.56. The van der Waals surface area contributed by atoms with Crippen LogP contribution in [0, 0.1) is 0 Å². The van der Waals surface area contributed by atoms with Gasteiger partial charge in [0.1, 0.15) is 11.2 Å². The molecule has 3 rings (SSSR count). The molecule has 0 saturated heterocycles. The van der Waals surface area contributed by atoms with Crippen LogP contribution in [0.1, 0.15) is 44.3 Å². The predicted molar refractivity (Wildman–Crippen MR) is 61.3 cm³/mol. The van der Waals surface area contributed by atoms with Crippen molar-refractivity contribution in [3.8, 4) is 10.7 Å². The minimum atomic E-state index is 0.373. The van der Waals surface area contributed by atoms with E-state index in [-0.39, 0.29) is 0 Å². The van der Waals surface area contributed by atoms with E-state index in [2.05, 4.69) is 38.2 Å². The molecular weight excluding hydrogens is 222 g/mol. The van der Waals surface area contributed by atoms with Gasteiger partial charge in [-0.2, -0.15) is 0 Å². The zero-order valence-electron chi connectivity index (χ0n) is 9.29. The molecule has 0 spiro atoms. The van der Waals surface area contributed by atoms with E-state index in [0.717, 1.165) is 16.4 Å². The van der Waals surface area contributed by atoms with E-state index in [9.17, 15) is 0 Å². The molecule has 16 heavy (non-hydrogen) atoms. The molecule has 0 aliphatic heterocycles. The Morgan fingerprint density at radius 3 is 2.88 bits per heavy atom. The monoisotopic (exact) mass is 235 g/mol. The van der Waals surface area contributed by atoms with E-state index >= 15 is 0 Å². The number of hydrogen-bond donors (Lipinski definition) is 0. The molecule has 6 heteroatoms. The van der Waals surface area contributed by atoms with Gasteiger partial charge in [0.2, 0.25) is 0 Å². The van der Waals surface area contributed by atoms with Crippen molar-refractivity contribution in [3.05, 3.63) is 12.0 Å². The molecule has 1 saturated carbocycles. The Bertz CT molecular complexity index is 459. The Labute approximate surface area is 97.7 Å². The van der Waals surface area contributed by atoms with Crippen LogP contribution in [0.25, 0.3) is 10.7 Å². The summed E-state index contributed by atoms with van der Waals surface area (Å²) >= 11 is 1.41. The summed E-state index contributed by atoms with van der Waals surface area (Å²) in [5.41, 5.74) is 1.03. The largest absolute Gasteiger partial charge is 0.310 e. The van der Waals surface area contributed by atoms with Crippen LogP contribution >= 0.6 is 11.5 Å². The highest BCUT2D eigenvalue weighted by Gasteiger charge is 2.28. The molecule has 84 valence electrons. The second-order valence-electron chi connectivity index (χ2n) is 4.43. The molecule has 1 aliphatic carbocycles. The van der Waals surface area contributed by atoms with Gasteiger partial charge >= 0.3 is 0 Å². The molecule has 0 aromatic carbocycles. The van der Waals surface area contributed by atoms with Crippen molar-refractivity contribution in [3.63, 3.8) is 0 Å². The fraction of sp³-hybridized carbons (Fsp3) is 0.600. The van der Waals surface area contributed by atoms with E-state index in [0.29, 0.717) is 12.0 Å². The summed E-state index contributed by atoms with van der Waals surface area (Å²) in [6.07, 6.45) is 4.28. The van der Waals surface area contributed by atoms with Crippen LogP contribution in [0.5, 0.6) is 0 Å². The van der Waals surface area contributed by atoms with Crippen molar-refractivity contribution in [2.24, 2.45) is 0 Å². The zero-order chi connectivity index (χ0) is 11.1. The van der Waals surface area contributed by atoms with Gasteiger partial charge in [-0.1, -0.05) is 18.3 Å². The Hall–Kier alpha value is -1.30. The second kappa shape index (κ2) is 3.62. The lowest BCUT2D eigenvalue weighted by Gasteiger charge is -2.05. The zero-order valence-corrected chi connectivity index (χ0v) is 10.1. The summed E-state index contributed by atoms with van der Waals surface area (Å²) in [5.74, 6) is 1.30. The molecule has 0 atom stereocenters. The number of nitrogens with zero attached hydrogens (tertiary/aromatic N) is 5. The van der Waals surface area contributed by atoms with Gasteiger partial charge in [0.05, 0.1) is 5.69 Å². The lowest BCUT2D eigenvalue weighted by atomic mass is 10.1. The molecule has 5 nitrogen and oxygen atoms in total. The fourth-order valence-electron chi connectivity index (χ4n) is 1.76. The van der Waals surface area contributed by atoms with Crippen molar-refractivity contribution in [1.82, 2.24) is 24.4 Å². The van der Waals surface area contributed by atoms with Crippen LogP contribution in [0.4, 0.5) is 0 Å². The van der Waals surface area contributed by atoms with Crippen LogP contribution < -0.4 is 0 Å². The van der Waals surface area contributed by atoms with Gasteiger partial charge < -0.3 is 4.57 Å². The Balaban J connectivity index is 2.07. The van der Waals surface area contributed by atoms with Gasteiger partial charge in [-0.15, -0.1) is 15.3 Å². The third-order valence-electron chi connectivity index (χ3n) is 2.78. The van der Waals surface area contributed by atoms with Crippen LogP contribution in [0.3, 0.4) is 0 Å². The molecule has 1 fully saturated rings. The van der Waals surface area contributed by atoms with E-state index in [1.54, 1.807) is 0 Å². The number of aromatic nitrogens is 5. The highest BCUT2D eigenvalue weighted by atomic mass is 32.1. The van der Waals surface area contributed by atoms with Gasteiger partial charge in [0, 0.05) is 6.04 Å². The maximum absolute atomic E-state index is 4.21. The SMILES string of the molecule is CC(C)c1nnsc1-c1nncn1C1CC1. The Morgan fingerprint density at radius 2 is 2.19 bits per heavy atom. The third kappa shape index (κ3) is 1.53. The second-order valence-corrected chi connectivity index (χ2v) is 5.19. The highest BCUT2D eigenvalue weighted by molar-refractivity contribution is 7.09. The first-order valence-corrected chi connectivity index (χ1v) is 6.27. The molecule has 2 aromatic heterocycles. The van der Waals surface area contributed by atoms with Gasteiger partial charge in [-0.25, -0.2) is 0 Å². The molecule has 0 radical (unpaired) electrons. The molecule has 0 bridgehead atoms. The van der Waals surface area contributed by atoms with Crippen LogP contribution in [-0.4, -0.2) is 24.4 Å². The minimum absolute atomic E-state index is 0.373. The van der Waals surface area contributed by atoms with Crippen molar-refractivity contribution in [2.45, 2.75) is 38.6 Å². The average molecular weight is 235 g/mol. The molecule has 0 amide bonds. The highest BCUT2D eigenvalue weighted by Crippen LogP contribution is 2.39. The third-order valence-corrected chi connectivity index (χ3v) is 3.51. The maximum Gasteiger partial charge on any atom is 0.177 e. The van der Waals surface area contributed by atoms with Crippen LogP contribution in [0.2, 0.25) is 0 Å². The summed E-state index contributed by atoms with van der Waals surface area (Å²) in [5, 5.41) is 12.4. The molecule has 2 heterocycles. The lowest BCUT2D eigenvalue weighted by molar-refractivity contribution is 0.742. The van der Waals surface area contributed by atoms with E-state index in [1.807, 2.05) is 6.33 Å². The maximum atomic E-state index is 4.21. The first-order valence-electron chi connectivity index (χ1n) is 5.49. The van der Waals surface area contributed by atoms with E-state index < -0.39 is 0 Å². The van der Waals surface area contributed by atoms with Crippen molar-refractivity contribution >= 4 is 11.5 Å².